The number of carbonyl (C=O) groups is 17. The maximum Gasteiger partial charge on any atom is 0.292 e. The van der Waals surface area contributed by atoms with Crippen LogP contribution in [-0.2, 0) is 109 Å². The van der Waals surface area contributed by atoms with Crippen LogP contribution >= 0.6 is 0 Å². The second kappa shape index (κ2) is 43.8. The number of aryl methyl sites for hydroxylation is 12. The molecule has 0 unspecified atom stereocenters. The first-order chi connectivity index (χ1) is 66.0. The number of hydrogen-bond donors (Lipinski definition) is 17. The van der Waals surface area contributed by atoms with Crippen molar-refractivity contribution in [1.82, 2.24) is 111 Å². The van der Waals surface area contributed by atoms with Gasteiger partial charge in [0.15, 0.2) is 29.1 Å². The van der Waals surface area contributed by atoms with Gasteiger partial charge in [-0.3, -0.25) is 81.5 Å². The third-order valence-electron chi connectivity index (χ3n) is 21.1. The molecule has 12 heterocycles. The van der Waals surface area contributed by atoms with E-state index in [1.807, 2.05) is 19.0 Å². The van der Waals surface area contributed by atoms with Crippen LogP contribution in [0.2, 0.25) is 0 Å². The predicted octanol–water partition coefficient (Wildman–Crippen LogP) is 2.55. The molecule has 0 bridgehead atoms. The van der Waals surface area contributed by atoms with Crippen LogP contribution in [-0.4, -0.2) is 238 Å². The van der Waals surface area contributed by atoms with Crippen LogP contribution in [0.5, 0.6) is 0 Å². The average Bonchev–Trinajstić information content (AvgIpc) is 1.67. The molecule has 0 fully saturated rings. The van der Waals surface area contributed by atoms with Gasteiger partial charge >= 0.3 is 0 Å². The minimum Gasteiger partial charge on any atom is -0.356 e. The molecule has 0 radical (unpaired) electrons. The largest absolute Gasteiger partial charge is 0.356 e. The van der Waals surface area contributed by atoms with Gasteiger partial charge in [0, 0.05) is 224 Å². The smallest absolute Gasteiger partial charge is 0.292 e. The summed E-state index contributed by atoms with van der Waals surface area (Å²) in [5.74, 6) is -9.43. The summed E-state index contributed by atoms with van der Waals surface area (Å²) in [6.07, 6.45) is 18.3. The average molecular weight is 1910 g/mol. The second-order valence-corrected chi connectivity index (χ2v) is 32.7. The van der Waals surface area contributed by atoms with Crippen molar-refractivity contribution in [3.8, 4) is 0 Å². The van der Waals surface area contributed by atoms with Crippen molar-refractivity contribution in [2.75, 3.05) is 117 Å². The van der Waals surface area contributed by atoms with Crippen molar-refractivity contribution >= 4 is 169 Å². The fraction of sp³-hybridized carbons (Fsp3) is 0.310. The van der Waals surface area contributed by atoms with Gasteiger partial charge in [0.05, 0.1) is 39.8 Å². The van der Waals surface area contributed by atoms with Gasteiger partial charge in [-0.15, -0.1) is 0 Å². The number of anilines is 12. The van der Waals surface area contributed by atoms with Crippen molar-refractivity contribution < 1.29 is 81.5 Å². The minimum atomic E-state index is -0.740. The third-order valence-corrected chi connectivity index (χ3v) is 21.1. The molecule has 0 atom stereocenters. The number of imidazole rings is 5. The highest BCUT2D eigenvalue weighted by Crippen LogP contribution is 2.26. The highest BCUT2D eigenvalue weighted by Gasteiger charge is 2.29. The van der Waals surface area contributed by atoms with Gasteiger partial charge in [-0.25, -0.2) is 24.9 Å². The molecular weight excluding hydrogens is 1810 g/mol. The molecule has 12 aromatic heterocycles. The molecular formula is C87H105N35O17. The molecule has 17 amide bonds. The molecule has 0 spiro atoms. The number of amides is 17. The lowest BCUT2D eigenvalue weighted by molar-refractivity contribution is -0.121. The Balaban J connectivity index is 0.512. The Morgan fingerprint density at radius 3 is 0.784 bits per heavy atom. The summed E-state index contributed by atoms with van der Waals surface area (Å²) in [6.45, 7) is 2.57. The number of nitrogens with one attached hydrogen (secondary N) is 17. The molecule has 0 aliphatic carbocycles. The monoisotopic (exact) mass is 1910 g/mol. The van der Waals surface area contributed by atoms with Crippen LogP contribution in [0.1, 0.15) is 172 Å². The van der Waals surface area contributed by atoms with E-state index in [1.165, 1.54) is 200 Å². The summed E-state index contributed by atoms with van der Waals surface area (Å²) >= 11 is 0. The maximum atomic E-state index is 13.6. The van der Waals surface area contributed by atoms with Crippen molar-refractivity contribution in [1.29, 1.82) is 0 Å². The van der Waals surface area contributed by atoms with E-state index >= 15 is 0 Å². The Labute approximate surface area is 791 Å². The second-order valence-electron chi connectivity index (χ2n) is 32.7. The Morgan fingerprint density at radius 1 is 0.230 bits per heavy atom. The number of nitrogens with zero attached hydrogens (tertiary/aromatic N) is 18. The molecule has 0 saturated carbocycles. The molecule has 52 heteroatoms. The van der Waals surface area contributed by atoms with Gasteiger partial charge in [-0.05, 0) is 75.9 Å². The lowest BCUT2D eigenvalue weighted by atomic mass is 10.3. The van der Waals surface area contributed by atoms with E-state index in [-0.39, 0.29) is 197 Å². The SMILES string of the molecule is CC(=O)Nc1cn(C)c(C(=O)Nc2cc(C(=O)Nc3cc(C(=O)Nc4cc(C(=O)NCCC(=O)Nc5cc(C(=O)Nc6cc(C(=O)NCCCC(=O)Nc7cn(C)c(C(=O)Nc8cn(C)c(C(=O)NCCC(=O)Nc9cn(C)c(C(=O)Nc%10cc(C(=O)Nc%11cn(C)c(C(=O)Nc%12cc(C(=O)NCCC(=O)NCCCN(C)C)n(C)c%12)n%11)n(C)c%10)n9)n8)n7)n(C)c6)n(C)c5)n(C)c4)n(C)c3)n(C)c2)n1. The summed E-state index contributed by atoms with van der Waals surface area (Å²) in [6, 6.07) is 10.1. The van der Waals surface area contributed by atoms with Crippen molar-refractivity contribution in [3.05, 3.63) is 186 Å². The first kappa shape index (κ1) is 100.0. The highest BCUT2D eigenvalue weighted by molar-refractivity contribution is 6.12. The van der Waals surface area contributed by atoms with E-state index in [4.69, 9.17) is 0 Å². The molecule has 12 rings (SSSR count). The molecule has 52 nitrogen and oxygen atoms in total. The summed E-state index contributed by atoms with van der Waals surface area (Å²) < 4.78 is 17.3. The Hall–Kier alpha value is -18.0. The minimum absolute atomic E-state index is 0.0140. The molecule has 12 aromatic rings. The Morgan fingerprint density at radius 2 is 0.460 bits per heavy atom. The van der Waals surface area contributed by atoms with Crippen LogP contribution in [0.15, 0.2) is 117 Å². The Kier molecular flexibility index (Phi) is 31.5. The van der Waals surface area contributed by atoms with Crippen molar-refractivity contribution in [2.45, 2.75) is 45.4 Å². The quantitative estimate of drug-likeness (QED) is 0.0245. The van der Waals surface area contributed by atoms with Crippen LogP contribution in [0, 0.1) is 0 Å². The zero-order valence-corrected chi connectivity index (χ0v) is 78.4. The van der Waals surface area contributed by atoms with Gasteiger partial charge in [0.25, 0.3) is 70.9 Å². The van der Waals surface area contributed by atoms with Crippen LogP contribution in [0.25, 0.3) is 0 Å². The third kappa shape index (κ3) is 25.9. The highest BCUT2D eigenvalue weighted by atomic mass is 16.2. The van der Waals surface area contributed by atoms with E-state index in [9.17, 15) is 81.5 Å². The maximum absolute atomic E-state index is 13.6. The summed E-state index contributed by atoms with van der Waals surface area (Å²) in [5.41, 5.74) is 3.05. The van der Waals surface area contributed by atoms with Gasteiger partial charge in [0.2, 0.25) is 58.7 Å². The molecule has 0 saturated heterocycles. The number of aromatic nitrogens is 17. The van der Waals surface area contributed by atoms with E-state index in [2.05, 4.69) is 115 Å². The fourth-order valence-corrected chi connectivity index (χ4v) is 14.4. The van der Waals surface area contributed by atoms with Crippen molar-refractivity contribution in [2.24, 2.45) is 84.6 Å². The van der Waals surface area contributed by atoms with Crippen molar-refractivity contribution in [3.63, 3.8) is 0 Å². The molecule has 730 valence electrons. The first-order valence-corrected chi connectivity index (χ1v) is 43.0. The van der Waals surface area contributed by atoms with E-state index in [0.29, 0.717) is 17.9 Å². The number of hydrogen-bond acceptors (Lipinski definition) is 23. The lowest BCUT2D eigenvalue weighted by Gasteiger charge is -2.10. The normalized spacial score (nSPS) is 11.0. The lowest BCUT2D eigenvalue weighted by Crippen LogP contribution is -2.32. The van der Waals surface area contributed by atoms with E-state index in [0.717, 1.165) is 13.0 Å². The summed E-state index contributed by atoms with van der Waals surface area (Å²) in [5, 5.41) is 45.6. The Bertz CT molecular complexity index is 6830. The zero-order chi connectivity index (χ0) is 101. The summed E-state index contributed by atoms with van der Waals surface area (Å²) in [7, 11) is 22.8. The standard InChI is InChI=1S/C87H105N35O17/c1-47(123)93-62-42-119(12)72(103-62)84(136)99-53-33-60(116(9)40-53)81(133)97-51-32-59(115(8)38-51)80(132)96-50-30-56(112(5)37-50)78(130)91-25-20-69(126)94-48-28-58(114(7)35-48)79(131)95-49-29-55(111(4)36-49)76(128)89-22-16-18-68(125)101-63-43-121(14)75(105-63)87(139)109-66-46-118(11)71(106-66)83(135)92-26-21-70(127)102-64-44-120(13)73(104-64)85(137)100-54-34-61(117(10)41-54)82(134)108-65-45-122(15)74(107-65)86(138)98-52-31-57(113(6)39-52)77(129)90-24-19-67(124)88-23-17-27-110(2)3/h28-46H,16-27H2,1-15H3,(H,88,124)(H,89,128)(H,90,129)(H,91,130)(H,92,135)(H,93,123)(H,94,126)(H,95,131)(H,96,132)(H,97,133)(H,98,138)(H,99,136)(H,100,137)(H,101,125)(H,102,127)(H,108,134)(H,109,139). The van der Waals surface area contributed by atoms with Gasteiger partial charge < -0.3 is 150 Å². The van der Waals surface area contributed by atoms with Gasteiger partial charge in [-0.2, -0.15) is 0 Å². The van der Waals surface area contributed by atoms with Gasteiger partial charge in [-0.1, -0.05) is 0 Å². The fourth-order valence-electron chi connectivity index (χ4n) is 14.4. The predicted molar refractivity (Wildman–Crippen MR) is 506 cm³/mol. The van der Waals surface area contributed by atoms with E-state index < -0.39 is 88.6 Å². The van der Waals surface area contributed by atoms with Crippen LogP contribution < -0.4 is 90.4 Å². The first-order valence-electron chi connectivity index (χ1n) is 43.0. The van der Waals surface area contributed by atoms with Crippen LogP contribution in [0.4, 0.5) is 68.9 Å². The number of rotatable bonds is 41. The molecule has 0 aromatic carbocycles. The molecule has 0 aliphatic heterocycles. The van der Waals surface area contributed by atoms with E-state index in [1.54, 1.807) is 63.4 Å². The molecule has 17 N–H and O–H groups in total. The van der Waals surface area contributed by atoms with Gasteiger partial charge in [0.1, 0.15) is 39.9 Å². The molecule has 0 aliphatic rings. The molecule has 139 heavy (non-hydrogen) atoms. The number of carbonyl (C=O) groups excluding carboxylic acids is 17. The zero-order valence-electron chi connectivity index (χ0n) is 78.4. The topological polar surface area (TPSA) is 622 Å². The summed E-state index contributed by atoms with van der Waals surface area (Å²) in [4.78, 5) is 246. The van der Waals surface area contributed by atoms with Crippen LogP contribution in [0.3, 0.4) is 0 Å².